The van der Waals surface area contributed by atoms with Crippen LogP contribution in [0.25, 0.3) is 0 Å². The molecule has 26 heavy (non-hydrogen) atoms. The molecule has 0 radical (unpaired) electrons. The second-order valence-corrected chi connectivity index (χ2v) is 9.58. The Morgan fingerprint density at radius 1 is 0.885 bits per heavy atom. The van der Waals surface area contributed by atoms with Crippen LogP contribution in [-0.4, -0.2) is 41.0 Å². The van der Waals surface area contributed by atoms with Crippen LogP contribution in [0, 0.1) is 17.8 Å². The summed E-state index contributed by atoms with van der Waals surface area (Å²) in [6, 6.07) is 0. The first-order valence-corrected chi connectivity index (χ1v) is 11.2. The quantitative estimate of drug-likeness (QED) is 0.698. The van der Waals surface area contributed by atoms with Crippen LogP contribution in [0.15, 0.2) is 6.20 Å². The maximum Gasteiger partial charge on any atom is 0.0736 e. The molecule has 4 heteroatoms. The van der Waals surface area contributed by atoms with Crippen LogP contribution in [0.5, 0.6) is 0 Å². The molecule has 144 valence electrons. The standard InChI is InChI=1S/C22H35N3O/c1-2-4-17(5-3-1)10-24-12-20-14-25(11-18-6-7-18)23-22(20)21(13-24)16-26-15-19-8-9-19/h14,17-19,21H,1-13,15-16H2. The number of hydrogen-bond acceptors (Lipinski definition) is 3. The molecule has 0 amide bonds. The second kappa shape index (κ2) is 7.63. The smallest absolute Gasteiger partial charge is 0.0736 e. The largest absolute Gasteiger partial charge is 0.380 e. The van der Waals surface area contributed by atoms with Gasteiger partial charge in [0, 0.05) is 50.5 Å². The van der Waals surface area contributed by atoms with E-state index < -0.39 is 0 Å². The average Bonchev–Trinajstić information content (AvgIpc) is 3.56. The zero-order valence-corrected chi connectivity index (χ0v) is 16.2. The third-order valence-electron chi connectivity index (χ3n) is 6.88. The highest BCUT2D eigenvalue weighted by Gasteiger charge is 2.32. The molecule has 0 aromatic carbocycles. The SMILES string of the molecule is c1c2c(nn1CC1CC1)C(COCC1CC1)CN(CC1CCCCC1)C2. The van der Waals surface area contributed by atoms with Crippen molar-refractivity contribution in [2.45, 2.75) is 76.8 Å². The van der Waals surface area contributed by atoms with Crippen molar-refractivity contribution in [3.8, 4) is 0 Å². The van der Waals surface area contributed by atoms with E-state index in [1.54, 1.807) is 0 Å². The van der Waals surface area contributed by atoms with Gasteiger partial charge in [-0.1, -0.05) is 19.3 Å². The molecule has 1 aromatic rings. The van der Waals surface area contributed by atoms with Crippen molar-refractivity contribution in [2.75, 3.05) is 26.3 Å². The van der Waals surface area contributed by atoms with E-state index in [9.17, 15) is 0 Å². The van der Waals surface area contributed by atoms with E-state index in [-0.39, 0.29) is 0 Å². The lowest BCUT2D eigenvalue weighted by Gasteiger charge is -2.35. The van der Waals surface area contributed by atoms with E-state index in [0.29, 0.717) is 5.92 Å². The molecular formula is C22H35N3O. The monoisotopic (exact) mass is 357 g/mol. The molecule has 0 spiro atoms. The zero-order valence-electron chi connectivity index (χ0n) is 16.2. The van der Waals surface area contributed by atoms with E-state index in [4.69, 9.17) is 9.84 Å². The first-order valence-electron chi connectivity index (χ1n) is 11.2. The maximum absolute atomic E-state index is 6.12. The van der Waals surface area contributed by atoms with Gasteiger partial charge < -0.3 is 4.74 Å². The lowest BCUT2D eigenvalue weighted by atomic mass is 9.88. The highest BCUT2D eigenvalue weighted by molar-refractivity contribution is 5.25. The summed E-state index contributed by atoms with van der Waals surface area (Å²) in [5.74, 6) is 3.13. The minimum atomic E-state index is 0.474. The zero-order chi connectivity index (χ0) is 17.3. The summed E-state index contributed by atoms with van der Waals surface area (Å²) >= 11 is 0. The van der Waals surface area contributed by atoms with Gasteiger partial charge in [-0.05, 0) is 56.3 Å². The van der Waals surface area contributed by atoms with Gasteiger partial charge in [0.25, 0.3) is 0 Å². The lowest BCUT2D eigenvalue weighted by molar-refractivity contribution is 0.0835. The number of hydrogen-bond donors (Lipinski definition) is 0. The molecule has 0 N–H and O–H groups in total. The summed E-state index contributed by atoms with van der Waals surface area (Å²) in [6.07, 6.45) is 15.1. The van der Waals surface area contributed by atoms with Gasteiger partial charge in [0.1, 0.15) is 0 Å². The first-order chi connectivity index (χ1) is 12.8. The van der Waals surface area contributed by atoms with Crippen LogP contribution in [0.4, 0.5) is 0 Å². The van der Waals surface area contributed by atoms with Crippen LogP contribution in [0.3, 0.4) is 0 Å². The molecule has 5 rings (SSSR count). The van der Waals surface area contributed by atoms with Crippen LogP contribution < -0.4 is 0 Å². The molecule has 2 heterocycles. The molecular weight excluding hydrogens is 322 g/mol. The molecule has 1 unspecified atom stereocenters. The topological polar surface area (TPSA) is 30.3 Å². The summed E-state index contributed by atoms with van der Waals surface area (Å²) in [5, 5.41) is 5.02. The number of rotatable bonds is 8. The van der Waals surface area contributed by atoms with Gasteiger partial charge in [-0.2, -0.15) is 5.10 Å². The third-order valence-corrected chi connectivity index (χ3v) is 6.88. The molecule has 0 saturated heterocycles. The maximum atomic E-state index is 6.12. The van der Waals surface area contributed by atoms with Gasteiger partial charge in [-0.25, -0.2) is 0 Å². The summed E-state index contributed by atoms with van der Waals surface area (Å²) in [6.45, 7) is 6.50. The summed E-state index contributed by atoms with van der Waals surface area (Å²) in [5.41, 5.74) is 2.83. The predicted molar refractivity (Wildman–Crippen MR) is 103 cm³/mol. The number of ether oxygens (including phenoxy) is 1. The van der Waals surface area contributed by atoms with E-state index in [1.165, 1.54) is 75.6 Å². The van der Waals surface area contributed by atoms with E-state index in [2.05, 4.69) is 15.8 Å². The fourth-order valence-corrected chi connectivity index (χ4v) is 4.97. The summed E-state index contributed by atoms with van der Waals surface area (Å²) in [7, 11) is 0. The van der Waals surface area contributed by atoms with Crippen LogP contribution in [0.2, 0.25) is 0 Å². The highest BCUT2D eigenvalue weighted by atomic mass is 16.5. The molecule has 3 saturated carbocycles. The Hall–Kier alpha value is -0.870. The fourth-order valence-electron chi connectivity index (χ4n) is 4.97. The minimum absolute atomic E-state index is 0.474. The molecule has 1 aliphatic heterocycles. The predicted octanol–water partition coefficient (Wildman–Crippen LogP) is 4.20. The van der Waals surface area contributed by atoms with Crippen molar-refractivity contribution < 1.29 is 4.74 Å². The Morgan fingerprint density at radius 3 is 2.42 bits per heavy atom. The van der Waals surface area contributed by atoms with Crippen molar-refractivity contribution >= 4 is 0 Å². The van der Waals surface area contributed by atoms with E-state index in [0.717, 1.165) is 50.6 Å². The minimum Gasteiger partial charge on any atom is -0.380 e. The Morgan fingerprint density at radius 2 is 1.65 bits per heavy atom. The van der Waals surface area contributed by atoms with Crippen LogP contribution in [0.1, 0.15) is 75.0 Å². The number of nitrogens with zero attached hydrogens (tertiary/aromatic N) is 3. The average molecular weight is 358 g/mol. The normalized spacial score (nSPS) is 27.6. The van der Waals surface area contributed by atoms with Crippen molar-refractivity contribution in [2.24, 2.45) is 17.8 Å². The molecule has 1 atom stereocenters. The van der Waals surface area contributed by atoms with Crippen molar-refractivity contribution in [1.82, 2.24) is 14.7 Å². The summed E-state index contributed by atoms with van der Waals surface area (Å²) < 4.78 is 8.37. The van der Waals surface area contributed by atoms with Gasteiger partial charge in [0.15, 0.2) is 0 Å². The van der Waals surface area contributed by atoms with Gasteiger partial charge >= 0.3 is 0 Å². The van der Waals surface area contributed by atoms with Gasteiger partial charge in [0.05, 0.1) is 12.3 Å². The van der Waals surface area contributed by atoms with E-state index in [1.807, 2.05) is 0 Å². The second-order valence-electron chi connectivity index (χ2n) is 9.58. The molecule has 0 bridgehead atoms. The Bertz CT molecular complexity index is 599. The van der Waals surface area contributed by atoms with Gasteiger partial charge in [-0.15, -0.1) is 0 Å². The van der Waals surface area contributed by atoms with Crippen molar-refractivity contribution in [3.05, 3.63) is 17.5 Å². The first kappa shape index (κ1) is 17.2. The Labute approximate surface area is 158 Å². The molecule has 1 aromatic heterocycles. The number of aromatic nitrogens is 2. The van der Waals surface area contributed by atoms with Crippen molar-refractivity contribution in [3.63, 3.8) is 0 Å². The molecule has 4 nitrogen and oxygen atoms in total. The third kappa shape index (κ3) is 4.33. The van der Waals surface area contributed by atoms with Gasteiger partial charge in [-0.3, -0.25) is 9.58 Å². The molecule has 3 aliphatic carbocycles. The van der Waals surface area contributed by atoms with E-state index >= 15 is 0 Å². The molecule has 4 aliphatic rings. The van der Waals surface area contributed by atoms with Crippen LogP contribution in [-0.2, 0) is 17.8 Å². The lowest BCUT2D eigenvalue weighted by Crippen LogP contribution is -2.38. The highest BCUT2D eigenvalue weighted by Crippen LogP contribution is 2.34. The Kier molecular flexibility index (Phi) is 5.06. The van der Waals surface area contributed by atoms with Crippen LogP contribution >= 0.6 is 0 Å². The van der Waals surface area contributed by atoms with Crippen molar-refractivity contribution in [1.29, 1.82) is 0 Å². The van der Waals surface area contributed by atoms with Gasteiger partial charge in [0.2, 0.25) is 0 Å². The molecule has 3 fully saturated rings. The Balaban J connectivity index is 1.26. The number of fused-ring (bicyclic) bond motifs is 1. The summed E-state index contributed by atoms with van der Waals surface area (Å²) in [4.78, 5) is 2.71. The fraction of sp³-hybridized carbons (Fsp3) is 0.864.